The van der Waals surface area contributed by atoms with Crippen LogP contribution in [0.1, 0.15) is 43.1 Å². The maximum absolute atomic E-state index is 12.4. The highest BCUT2D eigenvalue weighted by molar-refractivity contribution is 7.81. The first-order valence-electron chi connectivity index (χ1n) is 20.8. The van der Waals surface area contributed by atoms with Gasteiger partial charge in [-0.2, -0.15) is 16.8 Å². The molecule has 0 spiro atoms. The third-order valence-electron chi connectivity index (χ3n) is 11.7. The summed E-state index contributed by atoms with van der Waals surface area (Å²) in [4.78, 5) is 33.8. The van der Waals surface area contributed by atoms with Crippen molar-refractivity contribution in [1.82, 2.24) is 15.0 Å². The minimum atomic E-state index is -4.89. The van der Waals surface area contributed by atoms with Crippen molar-refractivity contribution in [3.63, 3.8) is 0 Å². The molecule has 0 fully saturated rings. The molecule has 0 saturated carbocycles. The van der Waals surface area contributed by atoms with Gasteiger partial charge in [0.1, 0.15) is 22.9 Å². The second-order valence-corrected chi connectivity index (χ2v) is 17.9. The fourth-order valence-electron chi connectivity index (χ4n) is 8.72. The Balaban J connectivity index is 0.000000121. The minimum absolute atomic E-state index is 0.00586. The van der Waals surface area contributed by atoms with Crippen LogP contribution in [-0.4, -0.2) is 62.7 Å². The number of carbonyl (C=O) groups excluding carboxylic acids is 2. The first kappa shape index (κ1) is 43.5. The molecule has 9 aromatic rings. The quantitative estimate of drug-likeness (QED) is 0.0571. The van der Waals surface area contributed by atoms with Crippen LogP contribution in [0.3, 0.4) is 0 Å². The molecule has 68 heavy (non-hydrogen) atoms. The van der Waals surface area contributed by atoms with Crippen LogP contribution in [0.2, 0.25) is 0 Å². The number of aliphatic hydroxyl groups excluding tert-OH is 1. The normalized spacial score (nSPS) is 15.1. The Morgan fingerprint density at radius 3 is 1.40 bits per heavy atom. The third kappa shape index (κ3) is 8.02. The number of para-hydroxylation sites is 4. The summed E-state index contributed by atoms with van der Waals surface area (Å²) in [5.74, 6) is -0.215. The Morgan fingerprint density at radius 1 is 0.456 bits per heavy atom. The predicted molar refractivity (Wildman–Crippen MR) is 255 cm³/mol. The van der Waals surface area contributed by atoms with E-state index in [4.69, 9.17) is 8.37 Å². The topological polar surface area (TPSA) is 261 Å². The summed E-state index contributed by atoms with van der Waals surface area (Å²) in [6, 6.07) is 43.2. The van der Waals surface area contributed by atoms with Crippen molar-refractivity contribution in [1.29, 1.82) is 0 Å². The van der Waals surface area contributed by atoms with E-state index >= 15 is 0 Å². The lowest BCUT2D eigenvalue weighted by molar-refractivity contribution is 0.101. The van der Waals surface area contributed by atoms with Gasteiger partial charge in [0, 0.05) is 79.1 Å². The van der Waals surface area contributed by atoms with E-state index in [0.29, 0.717) is 62.7 Å². The van der Waals surface area contributed by atoms with E-state index in [1.54, 1.807) is 54.6 Å². The van der Waals surface area contributed by atoms with Crippen LogP contribution >= 0.6 is 0 Å². The molecule has 0 radical (unpaired) electrons. The van der Waals surface area contributed by atoms with Gasteiger partial charge in [0.05, 0.1) is 11.4 Å². The summed E-state index contributed by atoms with van der Waals surface area (Å²) in [6.45, 7) is 0. The first-order valence-corrected chi connectivity index (χ1v) is 23.5. The van der Waals surface area contributed by atoms with Crippen LogP contribution in [0.4, 0.5) is 5.69 Å². The molecule has 2 aliphatic carbocycles. The number of allylic oxidation sites excluding steroid dienone is 3. The van der Waals surface area contributed by atoms with Crippen molar-refractivity contribution in [2.75, 3.05) is 5.32 Å². The number of H-pyrrole nitrogens is 3. The van der Waals surface area contributed by atoms with E-state index in [1.807, 2.05) is 91.0 Å². The first-order chi connectivity index (χ1) is 32.6. The molecule has 3 aromatic heterocycles. The van der Waals surface area contributed by atoms with E-state index in [2.05, 4.69) is 20.3 Å². The van der Waals surface area contributed by atoms with Crippen molar-refractivity contribution in [3.8, 4) is 28.6 Å². The van der Waals surface area contributed by atoms with Gasteiger partial charge < -0.3 is 38.8 Å². The second kappa shape index (κ2) is 16.8. The number of carbonyl (C=O) groups is 2. The second-order valence-electron chi connectivity index (χ2n) is 15.8. The summed E-state index contributed by atoms with van der Waals surface area (Å²) in [5, 5.41) is 25.3. The van der Waals surface area contributed by atoms with Crippen LogP contribution < -0.4 is 13.7 Å². The molecule has 16 nitrogen and oxygen atoms in total. The molecule has 0 bridgehead atoms. The highest BCUT2D eigenvalue weighted by Gasteiger charge is 2.34. The molecule has 8 N–H and O–H groups in total. The Labute approximate surface area is 386 Å². The number of benzene rings is 6. The fraction of sp³-hybridized carbons (Fsp3) is 0.0400. The lowest BCUT2D eigenvalue weighted by atomic mass is 10.1. The molecule has 340 valence electrons. The molecule has 4 heterocycles. The molecule has 0 atom stereocenters. The zero-order valence-corrected chi connectivity index (χ0v) is 36.8. The number of ketones is 2. The van der Waals surface area contributed by atoms with Crippen molar-refractivity contribution in [3.05, 3.63) is 190 Å². The van der Waals surface area contributed by atoms with Crippen molar-refractivity contribution >= 4 is 82.1 Å². The third-order valence-corrected chi connectivity index (χ3v) is 12.5. The van der Waals surface area contributed by atoms with E-state index in [-0.39, 0.29) is 46.0 Å². The van der Waals surface area contributed by atoms with Gasteiger partial charge >= 0.3 is 20.8 Å². The number of rotatable bonds is 6. The van der Waals surface area contributed by atoms with Gasteiger partial charge in [-0.1, -0.05) is 97.1 Å². The molecule has 6 aromatic carbocycles. The van der Waals surface area contributed by atoms with Crippen LogP contribution in [0.25, 0.3) is 55.4 Å². The Morgan fingerprint density at radius 2 is 0.882 bits per heavy atom. The van der Waals surface area contributed by atoms with Gasteiger partial charge in [-0.05, 0) is 59.7 Å². The number of aromatic hydroxyl groups is 1. The number of hydrogen-bond acceptors (Lipinski definition) is 11. The number of aliphatic hydroxyl groups is 1. The van der Waals surface area contributed by atoms with Gasteiger partial charge in [0.2, 0.25) is 5.78 Å². The number of Topliss-reactive ketones (excluding diaryl/α,β-unsaturated/α-hetero) is 2. The Bertz CT molecular complexity index is 3690. The van der Waals surface area contributed by atoms with Gasteiger partial charge in [-0.15, -0.1) is 0 Å². The number of hydrogen-bond donors (Lipinski definition) is 8. The van der Waals surface area contributed by atoms with Gasteiger partial charge in [0.15, 0.2) is 17.3 Å². The molecule has 1 aliphatic heterocycles. The molecule has 3 aliphatic rings. The number of anilines is 1. The molecular weight excluding hydrogens is 913 g/mol. The molecular formula is C50H36N4O12S2. The average molecular weight is 949 g/mol. The Hall–Kier alpha value is -8.42. The number of fused-ring (bicyclic) bond motifs is 6. The summed E-state index contributed by atoms with van der Waals surface area (Å²) in [6.07, 6.45) is 1.15. The maximum Gasteiger partial charge on any atom is 0.446 e. The molecule has 18 heteroatoms. The molecule has 0 amide bonds. The monoisotopic (exact) mass is 948 g/mol. The molecule has 12 rings (SSSR count). The van der Waals surface area contributed by atoms with E-state index in [9.17, 15) is 45.7 Å². The van der Waals surface area contributed by atoms with Gasteiger partial charge in [-0.25, -0.2) is 0 Å². The maximum atomic E-state index is 12.4. The standard InChI is InChI=1S/C17H13NO2.C17H11NO2.C16H12N2O8S2/c2*19-16-11-6-2-1-5-10(11)9-13(16)15-17(20)12-7-3-4-8-14(12)18-15;19-27(20,21)25-15-9-5-1-3-7-11(9)17-13(15)14-16(26-28(22,23)24)10-6-2-4-8-12(10)18-14/h1-8,18-20H,9H2;1-8,18H,9H2;1-8,17-18H,(H,19,20,21)(H,22,23,24)/b;15-13-;. The predicted octanol–water partition coefficient (Wildman–Crippen LogP) is 9.52. The van der Waals surface area contributed by atoms with E-state index < -0.39 is 20.8 Å². The zero-order chi connectivity index (χ0) is 47.5. The highest BCUT2D eigenvalue weighted by Crippen LogP contribution is 2.45. The van der Waals surface area contributed by atoms with Crippen molar-refractivity contribution in [2.24, 2.45) is 0 Å². The Kier molecular flexibility index (Phi) is 10.7. The van der Waals surface area contributed by atoms with E-state index in [1.165, 1.54) is 0 Å². The summed E-state index contributed by atoms with van der Waals surface area (Å²) in [5.41, 5.74) is 9.19. The molecule has 0 saturated heterocycles. The van der Waals surface area contributed by atoms with Gasteiger partial charge in [0.25, 0.3) is 0 Å². The molecule has 0 unspecified atom stereocenters. The summed E-state index contributed by atoms with van der Waals surface area (Å²) >= 11 is 0. The SMILES string of the molecule is O=C1/C(=C2\Nc3ccccc3C2=O)Cc2ccccc21.O=S(=O)(O)Oc1c(-c2[nH]c3ccccc3c2OS(=O)(=O)O)[nH]c2ccccc12.OC1=C(c2[nH]c3ccccc3c2O)Cc2ccccc21. The fourth-order valence-corrected chi connectivity index (χ4v) is 9.49. The largest absolute Gasteiger partial charge is 0.507 e. The minimum Gasteiger partial charge on any atom is -0.507 e. The smallest absolute Gasteiger partial charge is 0.446 e. The lowest BCUT2D eigenvalue weighted by Crippen LogP contribution is -2.09. The zero-order valence-electron chi connectivity index (χ0n) is 35.1. The van der Waals surface area contributed by atoms with Crippen molar-refractivity contribution < 1.29 is 54.1 Å². The summed E-state index contributed by atoms with van der Waals surface area (Å²) in [7, 11) is -9.78. The highest BCUT2D eigenvalue weighted by atomic mass is 32.3. The summed E-state index contributed by atoms with van der Waals surface area (Å²) < 4.78 is 73.2. The number of aromatic amines is 3. The number of nitrogens with one attached hydrogen (secondary N) is 4. The average Bonchev–Trinajstić information content (AvgIpc) is 4.17. The lowest BCUT2D eigenvalue weighted by Gasteiger charge is -2.06. The van der Waals surface area contributed by atoms with Gasteiger partial charge in [-0.3, -0.25) is 18.7 Å². The van der Waals surface area contributed by atoms with E-state index in [0.717, 1.165) is 38.9 Å². The van der Waals surface area contributed by atoms with Crippen LogP contribution in [-0.2, 0) is 33.6 Å². The van der Waals surface area contributed by atoms with Crippen LogP contribution in [0.15, 0.2) is 157 Å². The number of aromatic nitrogens is 3. The van der Waals surface area contributed by atoms with Crippen molar-refractivity contribution in [2.45, 2.75) is 12.8 Å². The van der Waals surface area contributed by atoms with Crippen LogP contribution in [0, 0.1) is 0 Å². The van der Waals surface area contributed by atoms with Crippen LogP contribution in [0.5, 0.6) is 17.2 Å².